The molecule has 2 aromatic rings. The van der Waals surface area contributed by atoms with E-state index in [4.69, 9.17) is 5.21 Å². The number of rotatable bonds is 3. The first kappa shape index (κ1) is 11.4. The summed E-state index contributed by atoms with van der Waals surface area (Å²) in [6.07, 6.45) is 0. The first-order valence-electron chi connectivity index (χ1n) is 5.33. The number of anilines is 1. The molecular formula is C14H13NO2. The molecule has 0 atom stereocenters. The molecule has 0 aromatic heterocycles. The molecule has 0 unspecified atom stereocenters. The van der Waals surface area contributed by atoms with Crippen LogP contribution in [0.2, 0.25) is 0 Å². The van der Waals surface area contributed by atoms with E-state index in [1.165, 1.54) is 0 Å². The Morgan fingerprint density at radius 3 is 2.47 bits per heavy atom. The van der Waals surface area contributed by atoms with E-state index in [0.29, 0.717) is 16.8 Å². The maximum Gasteiger partial charge on any atom is 0.195 e. The second-order valence-electron chi connectivity index (χ2n) is 3.86. The van der Waals surface area contributed by atoms with Gasteiger partial charge in [-0.2, -0.15) is 0 Å². The van der Waals surface area contributed by atoms with Crippen molar-refractivity contribution in [1.82, 2.24) is 0 Å². The molecule has 0 aliphatic carbocycles. The molecule has 86 valence electrons. The molecule has 0 fully saturated rings. The number of carbonyl (C=O) groups excluding carboxylic acids is 1. The highest BCUT2D eigenvalue weighted by atomic mass is 16.5. The van der Waals surface area contributed by atoms with Gasteiger partial charge < -0.3 is 0 Å². The Labute approximate surface area is 99.7 Å². The lowest BCUT2D eigenvalue weighted by molar-refractivity contribution is 0.103. The normalized spacial score (nSPS) is 10.0. The van der Waals surface area contributed by atoms with Crippen molar-refractivity contribution >= 4 is 11.5 Å². The van der Waals surface area contributed by atoms with Crippen molar-refractivity contribution in [2.45, 2.75) is 6.92 Å². The van der Waals surface area contributed by atoms with Gasteiger partial charge in [0.25, 0.3) is 0 Å². The van der Waals surface area contributed by atoms with E-state index in [9.17, 15) is 4.79 Å². The van der Waals surface area contributed by atoms with E-state index in [0.717, 1.165) is 5.56 Å². The van der Waals surface area contributed by atoms with Crippen molar-refractivity contribution in [3.05, 3.63) is 65.2 Å². The van der Waals surface area contributed by atoms with Crippen LogP contribution in [0.4, 0.5) is 5.69 Å². The fraction of sp³-hybridized carbons (Fsp3) is 0.0714. The molecule has 2 rings (SSSR count). The molecule has 2 aromatic carbocycles. The molecule has 0 saturated heterocycles. The van der Waals surface area contributed by atoms with Gasteiger partial charge in [-0.25, -0.2) is 0 Å². The first-order chi connectivity index (χ1) is 8.22. The van der Waals surface area contributed by atoms with Crippen LogP contribution in [-0.2, 0) is 0 Å². The third-order valence-electron chi connectivity index (χ3n) is 2.58. The number of benzene rings is 2. The molecule has 0 aliphatic rings. The fourth-order valence-corrected chi connectivity index (χ4v) is 1.69. The molecular weight excluding hydrogens is 214 g/mol. The predicted octanol–water partition coefficient (Wildman–Crippen LogP) is 3.03. The fourth-order valence-electron chi connectivity index (χ4n) is 1.69. The molecule has 3 nitrogen and oxygen atoms in total. The summed E-state index contributed by atoms with van der Waals surface area (Å²) in [5.74, 6) is -0.106. The van der Waals surface area contributed by atoms with E-state index in [1.807, 2.05) is 31.2 Å². The minimum atomic E-state index is -0.106. The Morgan fingerprint density at radius 1 is 1.12 bits per heavy atom. The van der Waals surface area contributed by atoms with E-state index in [2.05, 4.69) is 5.48 Å². The van der Waals surface area contributed by atoms with Crippen LogP contribution in [0.1, 0.15) is 21.5 Å². The molecule has 2 N–H and O–H groups in total. The summed E-state index contributed by atoms with van der Waals surface area (Å²) in [4.78, 5) is 12.2. The molecule has 0 saturated carbocycles. The molecule has 3 heteroatoms. The smallest absolute Gasteiger partial charge is 0.195 e. The van der Waals surface area contributed by atoms with Gasteiger partial charge in [0.05, 0.1) is 5.69 Å². The summed E-state index contributed by atoms with van der Waals surface area (Å²) < 4.78 is 0. The Bertz CT molecular complexity index is 535. The van der Waals surface area contributed by atoms with Gasteiger partial charge >= 0.3 is 0 Å². The van der Waals surface area contributed by atoms with Crippen molar-refractivity contribution in [2.24, 2.45) is 0 Å². The molecule has 0 spiro atoms. The third kappa shape index (κ3) is 2.34. The molecule has 0 aliphatic heterocycles. The summed E-state index contributed by atoms with van der Waals surface area (Å²) in [5.41, 5.74) is 4.53. The summed E-state index contributed by atoms with van der Waals surface area (Å²) in [6.45, 7) is 1.91. The van der Waals surface area contributed by atoms with Crippen LogP contribution in [0, 0.1) is 6.92 Å². The average molecular weight is 227 g/mol. The lowest BCUT2D eigenvalue weighted by Crippen LogP contribution is -2.06. The topological polar surface area (TPSA) is 49.3 Å². The number of carbonyl (C=O) groups is 1. The summed E-state index contributed by atoms with van der Waals surface area (Å²) in [5, 5.41) is 9.00. The second-order valence-corrected chi connectivity index (χ2v) is 3.86. The van der Waals surface area contributed by atoms with Crippen LogP contribution < -0.4 is 5.48 Å². The Morgan fingerprint density at radius 2 is 1.82 bits per heavy atom. The summed E-state index contributed by atoms with van der Waals surface area (Å²) in [6, 6.07) is 14.3. The number of nitrogens with one attached hydrogen (secondary N) is 1. The molecule has 0 heterocycles. The average Bonchev–Trinajstić information content (AvgIpc) is 2.39. The number of hydrogen-bond acceptors (Lipinski definition) is 3. The summed E-state index contributed by atoms with van der Waals surface area (Å²) in [7, 11) is 0. The van der Waals surface area contributed by atoms with Crippen molar-refractivity contribution in [3.8, 4) is 0 Å². The molecule has 0 bridgehead atoms. The van der Waals surface area contributed by atoms with E-state index in [1.54, 1.807) is 24.3 Å². The summed E-state index contributed by atoms with van der Waals surface area (Å²) >= 11 is 0. The van der Waals surface area contributed by atoms with Crippen LogP contribution in [-0.4, -0.2) is 11.0 Å². The Kier molecular flexibility index (Phi) is 3.21. The minimum Gasteiger partial charge on any atom is -0.291 e. The van der Waals surface area contributed by atoms with Gasteiger partial charge in [-0.3, -0.25) is 15.5 Å². The van der Waals surface area contributed by atoms with Crippen molar-refractivity contribution in [1.29, 1.82) is 0 Å². The zero-order chi connectivity index (χ0) is 12.3. The lowest BCUT2D eigenvalue weighted by atomic mass is 10.00. The first-order valence-corrected chi connectivity index (χ1v) is 5.33. The van der Waals surface area contributed by atoms with Gasteiger partial charge in [-0.05, 0) is 19.1 Å². The Balaban J connectivity index is 2.47. The highest BCUT2D eigenvalue weighted by Gasteiger charge is 2.13. The zero-order valence-electron chi connectivity index (χ0n) is 9.47. The largest absolute Gasteiger partial charge is 0.291 e. The lowest BCUT2D eigenvalue weighted by Gasteiger charge is -2.08. The van der Waals surface area contributed by atoms with E-state index < -0.39 is 0 Å². The Hall–Kier alpha value is -2.13. The predicted molar refractivity (Wildman–Crippen MR) is 66.5 cm³/mol. The van der Waals surface area contributed by atoms with Crippen LogP contribution in [0.15, 0.2) is 48.5 Å². The van der Waals surface area contributed by atoms with Gasteiger partial charge in [0.2, 0.25) is 0 Å². The van der Waals surface area contributed by atoms with Gasteiger partial charge in [-0.15, -0.1) is 0 Å². The van der Waals surface area contributed by atoms with Crippen LogP contribution in [0.25, 0.3) is 0 Å². The van der Waals surface area contributed by atoms with E-state index in [-0.39, 0.29) is 5.78 Å². The van der Waals surface area contributed by atoms with Crippen LogP contribution in [0.5, 0.6) is 0 Å². The SMILES string of the molecule is Cc1ccc(NO)c(C(=O)c2ccccc2)c1. The highest BCUT2D eigenvalue weighted by molar-refractivity contribution is 6.12. The van der Waals surface area contributed by atoms with Gasteiger partial charge in [0, 0.05) is 11.1 Å². The maximum atomic E-state index is 12.2. The number of hydrogen-bond donors (Lipinski definition) is 2. The van der Waals surface area contributed by atoms with Gasteiger partial charge in [0.15, 0.2) is 5.78 Å². The minimum absolute atomic E-state index is 0.106. The van der Waals surface area contributed by atoms with E-state index >= 15 is 0 Å². The monoisotopic (exact) mass is 227 g/mol. The number of ketones is 1. The standard InChI is InChI=1S/C14H13NO2/c1-10-7-8-13(15-17)12(9-10)14(16)11-5-3-2-4-6-11/h2-9,15,17H,1H3. The molecule has 17 heavy (non-hydrogen) atoms. The van der Waals surface area contributed by atoms with Crippen molar-refractivity contribution in [2.75, 3.05) is 5.48 Å². The van der Waals surface area contributed by atoms with Crippen LogP contribution >= 0.6 is 0 Å². The quantitative estimate of drug-likeness (QED) is 0.626. The maximum absolute atomic E-state index is 12.2. The van der Waals surface area contributed by atoms with Gasteiger partial charge in [-0.1, -0.05) is 42.0 Å². The third-order valence-corrected chi connectivity index (χ3v) is 2.58. The van der Waals surface area contributed by atoms with Crippen molar-refractivity contribution < 1.29 is 10.0 Å². The molecule has 0 amide bonds. The zero-order valence-corrected chi connectivity index (χ0v) is 9.47. The van der Waals surface area contributed by atoms with Gasteiger partial charge in [0.1, 0.15) is 0 Å². The number of aryl methyl sites for hydroxylation is 1. The molecule has 0 radical (unpaired) electrons. The second kappa shape index (κ2) is 4.80. The highest BCUT2D eigenvalue weighted by Crippen LogP contribution is 2.20. The van der Waals surface area contributed by atoms with Crippen LogP contribution in [0.3, 0.4) is 0 Å². The van der Waals surface area contributed by atoms with Crippen molar-refractivity contribution in [3.63, 3.8) is 0 Å².